The van der Waals surface area contributed by atoms with Gasteiger partial charge in [0, 0.05) is 0 Å². The zero-order valence-corrected chi connectivity index (χ0v) is 9.54. The Bertz CT molecular complexity index is 11.2. The topological polar surface area (TPSA) is 0 Å². The first-order chi connectivity index (χ1) is 5.24. The van der Waals surface area contributed by atoms with E-state index in [1.165, 1.54) is 19.3 Å². The van der Waals surface area contributed by atoms with Crippen LogP contribution in [0.25, 0.3) is 0 Å². The lowest BCUT2D eigenvalue weighted by molar-refractivity contribution is 1.09. The van der Waals surface area contributed by atoms with Crippen LogP contribution in [0, 0.1) is 0 Å². The van der Waals surface area contributed by atoms with Crippen LogP contribution in [-0.2, 0) is 0 Å². The zero-order chi connectivity index (χ0) is 10.1. The molecule has 0 N–H and O–H groups in total. The normalized spacial score (nSPS) is 4.83. The lowest BCUT2D eigenvalue weighted by Crippen LogP contribution is -1.27. The highest BCUT2D eigenvalue weighted by Gasteiger charge is 1.36. The Labute approximate surface area is 82.1 Å². The molecule has 0 aliphatic heterocycles. The summed E-state index contributed by atoms with van der Waals surface area (Å²) in [5, 5.41) is 0. The van der Waals surface area contributed by atoms with Crippen molar-refractivity contribution in [3.63, 3.8) is 0 Å². The van der Waals surface area contributed by atoms with Gasteiger partial charge in [0.2, 0.25) is 0 Å². The van der Waals surface area contributed by atoms with Gasteiger partial charge in [0.05, 0.1) is 0 Å². The largest absolute Gasteiger partial charge is 0.106 e. The van der Waals surface area contributed by atoms with Gasteiger partial charge in [0.15, 0.2) is 0 Å². The highest BCUT2D eigenvalue weighted by atomic mass is 13.4. The Balaban J connectivity index is -0.0000000179. The third-order valence-electron chi connectivity index (χ3n) is 0. The van der Waals surface area contributed by atoms with E-state index in [4.69, 9.17) is 0 Å². The predicted molar refractivity (Wildman–Crippen MR) is 65.9 cm³/mol. The van der Waals surface area contributed by atoms with Gasteiger partial charge in [0.1, 0.15) is 0 Å². The van der Waals surface area contributed by atoms with Gasteiger partial charge in [-0.3, -0.25) is 0 Å². The van der Waals surface area contributed by atoms with E-state index in [0.717, 1.165) is 0 Å². The first kappa shape index (κ1) is 29.8. The summed E-state index contributed by atoms with van der Waals surface area (Å²) in [6.45, 7) is 18.8. The maximum absolute atomic E-state index is 3.00. The van der Waals surface area contributed by atoms with Gasteiger partial charge in [-0.1, -0.05) is 68.2 Å². The van der Waals surface area contributed by atoms with Crippen molar-refractivity contribution in [2.24, 2.45) is 0 Å². The first-order valence-electron chi connectivity index (χ1n) is 4.74. The molecule has 0 atom stereocenters. The zero-order valence-electron chi connectivity index (χ0n) is 9.54. The molecule has 0 bridgehead atoms. The highest BCUT2D eigenvalue weighted by Crippen LogP contribution is 1.56. The summed E-state index contributed by atoms with van der Waals surface area (Å²) in [4.78, 5) is 0. The third kappa shape index (κ3) is 11000. The van der Waals surface area contributed by atoms with Crippen LogP contribution in [-0.4, -0.2) is 0 Å². The number of hydrogen-bond donors (Lipinski definition) is 0. The second kappa shape index (κ2) is 136. The van der Waals surface area contributed by atoms with Gasteiger partial charge < -0.3 is 0 Å². The molecule has 0 unspecified atom stereocenters. The quantitative estimate of drug-likeness (QED) is 0.416. The van der Waals surface area contributed by atoms with Crippen LogP contribution in [0.2, 0.25) is 0 Å². The summed E-state index contributed by atoms with van der Waals surface area (Å²) in [6.07, 6.45) is 3.75. The summed E-state index contributed by atoms with van der Waals surface area (Å²) in [5.74, 6) is 0. The molecule has 0 aromatic rings. The molecule has 0 aliphatic carbocycles. The fourth-order valence-electron chi connectivity index (χ4n) is 0. The molecule has 0 aromatic carbocycles. The Kier molecular flexibility index (Phi) is 337. The molecular weight excluding hydrogens is 144 g/mol. The maximum Gasteiger partial charge on any atom is -0.0590 e. The van der Waals surface area contributed by atoms with Crippen LogP contribution in [0.15, 0.2) is 13.2 Å². The second-order valence-corrected chi connectivity index (χ2v) is 2.12. The molecule has 0 spiro atoms. The Hall–Kier alpha value is -0.260. The molecule has 0 aromatic heterocycles. The standard InChI is InChI=1S/3C3H8.C2H4.CH4/c3*1-3-2;1-2;/h3*3H2,1-2H3;1-2H2;1H4. The predicted octanol–water partition coefficient (Wildman–Crippen LogP) is 5.69. The van der Waals surface area contributed by atoms with Crippen molar-refractivity contribution in [2.75, 3.05) is 0 Å². The van der Waals surface area contributed by atoms with E-state index in [1.54, 1.807) is 0 Å². The van der Waals surface area contributed by atoms with Gasteiger partial charge in [0.25, 0.3) is 0 Å². The van der Waals surface area contributed by atoms with Crippen molar-refractivity contribution >= 4 is 0 Å². The van der Waals surface area contributed by atoms with Crippen molar-refractivity contribution in [3.05, 3.63) is 13.2 Å². The number of rotatable bonds is 0. The van der Waals surface area contributed by atoms with Crippen molar-refractivity contribution in [1.29, 1.82) is 0 Å². The molecule has 12 heavy (non-hydrogen) atoms. The summed E-state index contributed by atoms with van der Waals surface area (Å²) >= 11 is 0. The molecule has 0 radical (unpaired) electrons. The molecular formula is C12H32. The molecule has 0 fully saturated rings. The van der Waals surface area contributed by atoms with E-state index in [1.807, 2.05) is 0 Å². The van der Waals surface area contributed by atoms with Crippen molar-refractivity contribution < 1.29 is 0 Å². The fraction of sp³-hybridized carbons (Fsp3) is 0.833. The smallest absolute Gasteiger partial charge is 0.0590 e. The van der Waals surface area contributed by atoms with Crippen molar-refractivity contribution in [2.45, 2.75) is 68.2 Å². The fourth-order valence-corrected chi connectivity index (χ4v) is 0. The van der Waals surface area contributed by atoms with Crippen molar-refractivity contribution in [3.8, 4) is 0 Å². The second-order valence-electron chi connectivity index (χ2n) is 2.12. The lowest BCUT2D eigenvalue weighted by Gasteiger charge is -1.48. The van der Waals surface area contributed by atoms with Crippen LogP contribution in [0.1, 0.15) is 68.2 Å². The van der Waals surface area contributed by atoms with Crippen LogP contribution in [0.5, 0.6) is 0 Å². The van der Waals surface area contributed by atoms with Gasteiger partial charge in [-0.25, -0.2) is 0 Å². The monoisotopic (exact) mass is 176 g/mol. The molecule has 0 amide bonds. The van der Waals surface area contributed by atoms with E-state index in [9.17, 15) is 0 Å². The molecule has 0 heterocycles. The first-order valence-corrected chi connectivity index (χ1v) is 4.74. The summed E-state index contributed by atoms with van der Waals surface area (Å²) in [5.41, 5.74) is 0. The lowest BCUT2D eigenvalue weighted by atomic mass is 10.6. The van der Waals surface area contributed by atoms with E-state index < -0.39 is 0 Å². The number of hydrogen-bond acceptors (Lipinski definition) is 0. The Morgan fingerprint density at radius 3 is 0.583 bits per heavy atom. The van der Waals surface area contributed by atoms with Crippen LogP contribution in [0.3, 0.4) is 0 Å². The van der Waals surface area contributed by atoms with Crippen LogP contribution < -0.4 is 0 Å². The summed E-state index contributed by atoms with van der Waals surface area (Å²) in [7, 11) is 0. The molecule has 0 aliphatic rings. The van der Waals surface area contributed by atoms with Crippen molar-refractivity contribution in [1.82, 2.24) is 0 Å². The SMILES string of the molecule is C.C=C.CCC.CCC.CCC. The summed E-state index contributed by atoms with van der Waals surface area (Å²) < 4.78 is 0. The van der Waals surface area contributed by atoms with E-state index >= 15 is 0 Å². The van der Waals surface area contributed by atoms with Gasteiger partial charge in [-0.05, 0) is 0 Å². The average molecular weight is 176 g/mol. The highest BCUT2D eigenvalue weighted by molar-refractivity contribution is 4.22. The van der Waals surface area contributed by atoms with Gasteiger partial charge >= 0.3 is 0 Å². The molecule has 0 nitrogen and oxygen atoms in total. The average Bonchev–Trinajstić information content (AvgIpc) is 1.96. The molecule has 0 saturated carbocycles. The molecule has 0 heteroatoms. The molecule has 0 rings (SSSR count). The minimum atomic E-state index is 0. The van der Waals surface area contributed by atoms with E-state index in [2.05, 4.69) is 54.7 Å². The van der Waals surface area contributed by atoms with Crippen LogP contribution >= 0.6 is 0 Å². The van der Waals surface area contributed by atoms with Crippen LogP contribution in [0.4, 0.5) is 0 Å². The third-order valence-corrected chi connectivity index (χ3v) is 0. The minimum Gasteiger partial charge on any atom is -0.106 e. The van der Waals surface area contributed by atoms with Gasteiger partial charge in [-0.15, -0.1) is 13.2 Å². The summed E-state index contributed by atoms with van der Waals surface area (Å²) in [6, 6.07) is 0. The van der Waals surface area contributed by atoms with Gasteiger partial charge in [-0.2, -0.15) is 0 Å². The van der Waals surface area contributed by atoms with E-state index in [-0.39, 0.29) is 7.43 Å². The van der Waals surface area contributed by atoms with E-state index in [0.29, 0.717) is 0 Å². The minimum absolute atomic E-state index is 0. The Morgan fingerprint density at radius 2 is 0.583 bits per heavy atom. The molecule has 80 valence electrons. The Morgan fingerprint density at radius 1 is 0.583 bits per heavy atom. The maximum atomic E-state index is 3.00. The molecule has 0 saturated heterocycles.